The summed E-state index contributed by atoms with van der Waals surface area (Å²) < 4.78 is 10.7. The molecule has 1 aliphatic carbocycles. The number of hydrogen-bond acceptors (Lipinski definition) is 5. The molecule has 2 unspecified atom stereocenters. The molecule has 6 nitrogen and oxygen atoms in total. The lowest BCUT2D eigenvalue weighted by molar-refractivity contribution is -0.170. The largest absolute Gasteiger partial charge is 0.467 e. The molecule has 1 amide bonds. The van der Waals surface area contributed by atoms with Gasteiger partial charge in [0, 0.05) is 11.6 Å². The van der Waals surface area contributed by atoms with Gasteiger partial charge >= 0.3 is 17.8 Å². The lowest BCUT2D eigenvalue weighted by Crippen LogP contribution is -2.60. The molecule has 23 heavy (non-hydrogen) atoms. The van der Waals surface area contributed by atoms with E-state index in [0.717, 1.165) is 17.3 Å². The van der Waals surface area contributed by atoms with E-state index in [1.807, 2.05) is 6.08 Å². The summed E-state index contributed by atoms with van der Waals surface area (Å²) in [7, 11) is 1.28. The third-order valence-corrected chi connectivity index (χ3v) is 4.89. The van der Waals surface area contributed by atoms with Crippen LogP contribution in [0.15, 0.2) is 22.3 Å². The highest BCUT2D eigenvalue weighted by atomic mass is 79.9. The number of ether oxygens (including phenoxy) is 2. The first kappa shape index (κ1) is 17.7. The maximum Gasteiger partial charge on any atom is 0.397 e. The van der Waals surface area contributed by atoms with Gasteiger partial charge in [0.15, 0.2) is 0 Å². The Kier molecular flexibility index (Phi) is 5.29. The third-order valence-electron chi connectivity index (χ3n) is 4.30. The number of fused-ring (bicyclic) bond motifs is 1. The van der Waals surface area contributed by atoms with Crippen LogP contribution in [-0.2, 0) is 23.9 Å². The topological polar surface area (TPSA) is 72.9 Å². The summed E-state index contributed by atoms with van der Waals surface area (Å²) in [6, 6.07) is 0. The van der Waals surface area contributed by atoms with Crippen molar-refractivity contribution in [2.24, 2.45) is 5.92 Å². The van der Waals surface area contributed by atoms with Gasteiger partial charge in [-0.1, -0.05) is 22.0 Å². The highest BCUT2D eigenvalue weighted by Crippen LogP contribution is 2.44. The van der Waals surface area contributed by atoms with E-state index in [9.17, 15) is 14.4 Å². The van der Waals surface area contributed by atoms with Gasteiger partial charge < -0.3 is 9.47 Å². The van der Waals surface area contributed by atoms with E-state index in [1.54, 1.807) is 19.9 Å². The standard InChI is InChI=1S/C16H20BrNO5/c1-4-23-14(20)13(19)18-12-6-5-11(17)9-10(12)7-8-16(18,2)15(21)22-3/h5-6,10H,4,7-9H2,1-3H3. The first-order valence-corrected chi connectivity index (χ1v) is 8.30. The van der Waals surface area contributed by atoms with Gasteiger partial charge in [0.2, 0.25) is 0 Å². The summed E-state index contributed by atoms with van der Waals surface area (Å²) >= 11 is 3.46. The zero-order chi connectivity index (χ0) is 17.2. The van der Waals surface area contributed by atoms with Crippen LogP contribution < -0.4 is 0 Å². The molecule has 2 atom stereocenters. The number of allylic oxidation sites excluding steroid dienone is 4. The minimum atomic E-state index is -1.21. The fourth-order valence-corrected chi connectivity index (χ4v) is 3.64. The molecule has 0 radical (unpaired) electrons. The van der Waals surface area contributed by atoms with E-state index in [4.69, 9.17) is 9.47 Å². The summed E-state index contributed by atoms with van der Waals surface area (Å²) in [5, 5.41) is 0. The number of methoxy groups -OCH3 is 1. The number of carbonyl (C=O) groups excluding carboxylic acids is 3. The third kappa shape index (κ3) is 3.20. The van der Waals surface area contributed by atoms with Crippen molar-refractivity contribution in [3.05, 3.63) is 22.3 Å². The van der Waals surface area contributed by atoms with Gasteiger partial charge in [0.25, 0.3) is 0 Å². The van der Waals surface area contributed by atoms with Gasteiger partial charge in [-0.2, -0.15) is 0 Å². The molecule has 0 aromatic heterocycles. The van der Waals surface area contributed by atoms with Gasteiger partial charge in [-0.15, -0.1) is 0 Å². The van der Waals surface area contributed by atoms with Crippen molar-refractivity contribution in [1.29, 1.82) is 0 Å². The van der Waals surface area contributed by atoms with Crippen molar-refractivity contribution in [1.82, 2.24) is 4.90 Å². The SMILES string of the molecule is CCOC(=O)C(=O)N1C2=CC=C(Br)CC2CCC1(C)C(=O)OC. The molecule has 1 heterocycles. The maximum atomic E-state index is 12.6. The normalized spacial score (nSPS) is 26.6. The lowest BCUT2D eigenvalue weighted by atomic mass is 9.78. The van der Waals surface area contributed by atoms with Crippen LogP contribution >= 0.6 is 15.9 Å². The van der Waals surface area contributed by atoms with E-state index in [1.165, 1.54) is 12.0 Å². The van der Waals surface area contributed by atoms with Crippen LogP contribution in [0.25, 0.3) is 0 Å². The molecule has 1 saturated heterocycles. The summed E-state index contributed by atoms with van der Waals surface area (Å²) in [5.74, 6) is -2.26. The maximum absolute atomic E-state index is 12.6. The summed E-state index contributed by atoms with van der Waals surface area (Å²) in [6.07, 6.45) is 5.49. The Hall–Kier alpha value is -1.63. The molecule has 0 N–H and O–H groups in total. The van der Waals surface area contributed by atoms with Gasteiger partial charge in [-0.25, -0.2) is 9.59 Å². The molecule has 2 rings (SSSR count). The number of piperidine rings is 1. The van der Waals surface area contributed by atoms with E-state index < -0.39 is 23.4 Å². The van der Waals surface area contributed by atoms with Crippen molar-refractivity contribution in [2.75, 3.05) is 13.7 Å². The molecule has 0 bridgehead atoms. The molecule has 1 aliphatic heterocycles. The molecule has 1 fully saturated rings. The number of esters is 2. The number of carbonyl (C=O) groups is 3. The van der Waals surface area contributed by atoms with Gasteiger partial charge in [-0.3, -0.25) is 9.69 Å². The van der Waals surface area contributed by atoms with Crippen LogP contribution in [0.2, 0.25) is 0 Å². The second kappa shape index (κ2) is 6.86. The Morgan fingerprint density at radius 3 is 2.70 bits per heavy atom. The highest BCUT2D eigenvalue weighted by molar-refractivity contribution is 9.11. The monoisotopic (exact) mass is 385 g/mol. The second-order valence-electron chi connectivity index (χ2n) is 5.77. The van der Waals surface area contributed by atoms with E-state index in [0.29, 0.717) is 12.1 Å². The predicted molar refractivity (Wildman–Crippen MR) is 86.3 cm³/mol. The molecular weight excluding hydrogens is 366 g/mol. The van der Waals surface area contributed by atoms with Crippen molar-refractivity contribution in [3.63, 3.8) is 0 Å². The lowest BCUT2D eigenvalue weighted by Gasteiger charge is -2.47. The zero-order valence-electron chi connectivity index (χ0n) is 13.4. The van der Waals surface area contributed by atoms with E-state index in [-0.39, 0.29) is 12.5 Å². The average molecular weight is 386 g/mol. The minimum absolute atomic E-state index is 0.0745. The Morgan fingerprint density at radius 1 is 1.39 bits per heavy atom. The number of likely N-dealkylation sites (tertiary alicyclic amines) is 1. The molecule has 0 aromatic rings. The van der Waals surface area contributed by atoms with Crippen molar-refractivity contribution >= 4 is 33.8 Å². The van der Waals surface area contributed by atoms with Crippen molar-refractivity contribution in [3.8, 4) is 0 Å². The summed E-state index contributed by atoms with van der Waals surface area (Å²) in [6.45, 7) is 3.35. The summed E-state index contributed by atoms with van der Waals surface area (Å²) in [5.41, 5.74) is -0.552. The van der Waals surface area contributed by atoms with Crippen LogP contribution in [0, 0.1) is 5.92 Å². The van der Waals surface area contributed by atoms with Crippen molar-refractivity contribution in [2.45, 2.75) is 38.6 Å². The molecule has 2 aliphatic rings. The first-order valence-electron chi connectivity index (χ1n) is 7.51. The predicted octanol–water partition coefficient (Wildman–Crippen LogP) is 2.29. The quantitative estimate of drug-likeness (QED) is 0.538. The van der Waals surface area contributed by atoms with Crippen molar-refractivity contribution < 1.29 is 23.9 Å². The summed E-state index contributed by atoms with van der Waals surface area (Å²) in [4.78, 5) is 38.2. The van der Waals surface area contributed by atoms with Gasteiger partial charge in [-0.05, 0) is 43.7 Å². The van der Waals surface area contributed by atoms with E-state index in [2.05, 4.69) is 15.9 Å². The zero-order valence-corrected chi connectivity index (χ0v) is 15.0. The fraction of sp³-hybridized carbons (Fsp3) is 0.562. The Morgan fingerprint density at radius 2 is 2.09 bits per heavy atom. The number of nitrogens with zero attached hydrogens (tertiary/aromatic N) is 1. The second-order valence-corrected chi connectivity index (χ2v) is 6.79. The minimum Gasteiger partial charge on any atom is -0.467 e. The average Bonchev–Trinajstić information content (AvgIpc) is 2.53. The van der Waals surface area contributed by atoms with Gasteiger partial charge in [0.05, 0.1) is 13.7 Å². The smallest absolute Gasteiger partial charge is 0.397 e. The number of halogens is 1. The Bertz CT molecular complexity index is 597. The van der Waals surface area contributed by atoms with Crippen LogP contribution in [0.1, 0.15) is 33.1 Å². The van der Waals surface area contributed by atoms with Gasteiger partial charge in [0.1, 0.15) is 5.54 Å². The number of amides is 1. The Labute approximate surface area is 143 Å². The molecular formula is C16H20BrNO5. The molecule has 0 saturated carbocycles. The van der Waals surface area contributed by atoms with Crippen LogP contribution in [-0.4, -0.2) is 42.0 Å². The highest BCUT2D eigenvalue weighted by Gasteiger charge is 2.51. The van der Waals surface area contributed by atoms with E-state index >= 15 is 0 Å². The molecule has 7 heteroatoms. The van der Waals surface area contributed by atoms with Crippen LogP contribution in [0.3, 0.4) is 0 Å². The first-order chi connectivity index (χ1) is 10.8. The molecule has 126 valence electrons. The molecule has 0 spiro atoms. The Balaban J connectivity index is 2.47. The fourth-order valence-electron chi connectivity index (χ4n) is 3.12. The number of rotatable bonds is 2. The molecule has 0 aromatic carbocycles. The van der Waals surface area contributed by atoms with Crippen LogP contribution in [0.5, 0.6) is 0 Å². The number of hydrogen-bond donors (Lipinski definition) is 0. The van der Waals surface area contributed by atoms with Crippen LogP contribution in [0.4, 0.5) is 0 Å².